The lowest BCUT2D eigenvalue weighted by atomic mass is 10.0. The van der Waals surface area contributed by atoms with E-state index in [-0.39, 0.29) is 0 Å². The summed E-state index contributed by atoms with van der Waals surface area (Å²) < 4.78 is 0. The molecule has 1 N–H and O–H groups in total. The van der Waals surface area contributed by atoms with Crippen molar-refractivity contribution < 1.29 is 0 Å². The van der Waals surface area contributed by atoms with Gasteiger partial charge in [0, 0.05) is 50.2 Å². The lowest BCUT2D eigenvalue weighted by molar-refractivity contribution is 0.370. The van der Waals surface area contributed by atoms with Gasteiger partial charge in [-0.2, -0.15) is 0 Å². The number of benzene rings is 1. The van der Waals surface area contributed by atoms with Crippen molar-refractivity contribution in [1.82, 2.24) is 10.2 Å². The van der Waals surface area contributed by atoms with E-state index in [4.69, 9.17) is 0 Å². The van der Waals surface area contributed by atoms with Crippen molar-refractivity contribution in [1.29, 1.82) is 0 Å². The standard InChI is InChI=1S/C17H29N3/c1-8-20(12-14(3)18-5)15(4)17-10-9-16(19(6)7)11-13(17)2/h9-11,14,18H,4,8,12H2,1-3,5-7H3. The predicted octanol–water partition coefficient (Wildman–Crippen LogP) is 2.96. The first-order chi connectivity index (χ1) is 9.40. The minimum absolute atomic E-state index is 0.452. The molecule has 1 rings (SSSR count). The summed E-state index contributed by atoms with van der Waals surface area (Å²) in [5.74, 6) is 0. The molecule has 0 spiro atoms. The molecular formula is C17H29N3. The van der Waals surface area contributed by atoms with Gasteiger partial charge in [0.1, 0.15) is 0 Å². The van der Waals surface area contributed by atoms with E-state index in [9.17, 15) is 0 Å². The van der Waals surface area contributed by atoms with Gasteiger partial charge in [-0.05, 0) is 45.5 Å². The first-order valence-corrected chi connectivity index (χ1v) is 7.30. The molecule has 112 valence electrons. The maximum atomic E-state index is 4.30. The van der Waals surface area contributed by atoms with E-state index in [1.54, 1.807) is 0 Å². The van der Waals surface area contributed by atoms with Crippen molar-refractivity contribution in [3.05, 3.63) is 35.9 Å². The molecule has 0 radical (unpaired) electrons. The van der Waals surface area contributed by atoms with Gasteiger partial charge in [-0.15, -0.1) is 0 Å². The van der Waals surface area contributed by atoms with Crippen LogP contribution < -0.4 is 10.2 Å². The summed E-state index contributed by atoms with van der Waals surface area (Å²) in [4.78, 5) is 4.46. The average molecular weight is 275 g/mol. The zero-order valence-corrected chi connectivity index (χ0v) is 13.8. The molecule has 1 aromatic carbocycles. The monoisotopic (exact) mass is 275 g/mol. The van der Waals surface area contributed by atoms with Crippen LogP contribution in [0, 0.1) is 6.92 Å². The van der Waals surface area contributed by atoms with Crippen LogP contribution in [0.2, 0.25) is 0 Å². The third kappa shape index (κ3) is 4.01. The lowest BCUT2D eigenvalue weighted by Crippen LogP contribution is -2.36. The Morgan fingerprint density at radius 3 is 2.45 bits per heavy atom. The zero-order valence-electron chi connectivity index (χ0n) is 13.8. The summed E-state index contributed by atoms with van der Waals surface area (Å²) in [6.07, 6.45) is 0. The number of anilines is 1. The minimum Gasteiger partial charge on any atom is -0.378 e. The normalized spacial score (nSPS) is 12.1. The molecule has 0 heterocycles. The Bertz CT molecular complexity index is 452. The van der Waals surface area contributed by atoms with Crippen molar-refractivity contribution in [3.63, 3.8) is 0 Å². The molecule has 20 heavy (non-hydrogen) atoms. The summed E-state index contributed by atoms with van der Waals surface area (Å²) in [6, 6.07) is 7.01. The van der Waals surface area contributed by atoms with Gasteiger partial charge in [0.25, 0.3) is 0 Å². The lowest BCUT2D eigenvalue weighted by Gasteiger charge is -2.29. The number of hydrogen-bond acceptors (Lipinski definition) is 3. The molecule has 0 amide bonds. The molecule has 0 saturated heterocycles. The summed E-state index contributed by atoms with van der Waals surface area (Å²) in [7, 11) is 6.13. The highest BCUT2D eigenvalue weighted by Crippen LogP contribution is 2.25. The third-order valence-electron chi connectivity index (χ3n) is 3.79. The van der Waals surface area contributed by atoms with Crippen LogP contribution in [0.1, 0.15) is 25.0 Å². The summed E-state index contributed by atoms with van der Waals surface area (Å²) >= 11 is 0. The van der Waals surface area contributed by atoms with E-state index in [2.05, 4.69) is 74.8 Å². The van der Waals surface area contributed by atoms with Gasteiger partial charge in [0.15, 0.2) is 0 Å². The van der Waals surface area contributed by atoms with E-state index in [1.165, 1.54) is 16.8 Å². The van der Waals surface area contributed by atoms with Crippen molar-refractivity contribution >= 4 is 11.4 Å². The molecule has 1 unspecified atom stereocenters. The number of rotatable bonds is 7. The first kappa shape index (κ1) is 16.6. The summed E-state index contributed by atoms with van der Waals surface area (Å²) in [5, 5.41) is 3.29. The van der Waals surface area contributed by atoms with Crippen LogP contribution >= 0.6 is 0 Å². The minimum atomic E-state index is 0.452. The second kappa shape index (κ2) is 7.34. The van der Waals surface area contributed by atoms with E-state index in [0.717, 1.165) is 18.8 Å². The molecule has 3 heteroatoms. The Hall–Kier alpha value is -1.48. The van der Waals surface area contributed by atoms with Crippen LogP contribution in [0.3, 0.4) is 0 Å². The van der Waals surface area contributed by atoms with Crippen LogP contribution in [-0.2, 0) is 0 Å². The van der Waals surface area contributed by atoms with Crippen molar-refractivity contribution in [2.24, 2.45) is 0 Å². The van der Waals surface area contributed by atoms with Crippen LogP contribution in [-0.4, -0.2) is 45.2 Å². The van der Waals surface area contributed by atoms with Gasteiger partial charge in [0.2, 0.25) is 0 Å². The smallest absolute Gasteiger partial charge is 0.0369 e. The number of nitrogens with one attached hydrogen (secondary N) is 1. The third-order valence-corrected chi connectivity index (χ3v) is 3.79. The molecule has 0 saturated carbocycles. The predicted molar refractivity (Wildman–Crippen MR) is 90.3 cm³/mol. The molecule has 0 fully saturated rings. The summed E-state index contributed by atoms with van der Waals surface area (Å²) in [6.45, 7) is 12.8. The number of aryl methyl sites for hydroxylation is 1. The Balaban J connectivity index is 2.95. The first-order valence-electron chi connectivity index (χ1n) is 7.30. The van der Waals surface area contributed by atoms with Gasteiger partial charge >= 0.3 is 0 Å². The highest BCUT2D eigenvalue weighted by Gasteiger charge is 2.13. The van der Waals surface area contributed by atoms with Crippen molar-refractivity contribution in [2.75, 3.05) is 39.1 Å². The van der Waals surface area contributed by atoms with Gasteiger partial charge < -0.3 is 15.1 Å². The topological polar surface area (TPSA) is 18.5 Å². The molecule has 1 aromatic rings. The fourth-order valence-corrected chi connectivity index (χ4v) is 2.27. The van der Waals surface area contributed by atoms with Crippen LogP contribution in [0.4, 0.5) is 5.69 Å². The zero-order chi connectivity index (χ0) is 15.3. The molecule has 3 nitrogen and oxygen atoms in total. The molecule has 0 aliphatic carbocycles. The van der Waals surface area contributed by atoms with Crippen LogP contribution in [0.15, 0.2) is 24.8 Å². The van der Waals surface area contributed by atoms with E-state index in [0.29, 0.717) is 6.04 Å². The maximum Gasteiger partial charge on any atom is 0.0369 e. The molecule has 0 aromatic heterocycles. The fourth-order valence-electron chi connectivity index (χ4n) is 2.27. The van der Waals surface area contributed by atoms with E-state index in [1.807, 2.05) is 7.05 Å². The van der Waals surface area contributed by atoms with Gasteiger partial charge in [-0.25, -0.2) is 0 Å². The highest BCUT2D eigenvalue weighted by atomic mass is 15.2. The van der Waals surface area contributed by atoms with Gasteiger partial charge in [-0.3, -0.25) is 0 Å². The number of nitrogens with zero attached hydrogens (tertiary/aromatic N) is 2. The summed E-state index contributed by atoms with van der Waals surface area (Å²) in [5.41, 5.74) is 4.85. The highest BCUT2D eigenvalue weighted by molar-refractivity contribution is 5.67. The molecule has 0 aliphatic heterocycles. The molecule has 0 bridgehead atoms. The van der Waals surface area contributed by atoms with Crippen molar-refractivity contribution in [2.45, 2.75) is 26.8 Å². The Morgan fingerprint density at radius 2 is 2.00 bits per heavy atom. The number of likely N-dealkylation sites (N-methyl/N-ethyl adjacent to an activating group) is 2. The van der Waals surface area contributed by atoms with Crippen molar-refractivity contribution in [3.8, 4) is 0 Å². The van der Waals surface area contributed by atoms with E-state index < -0.39 is 0 Å². The van der Waals surface area contributed by atoms with Crippen LogP contribution in [0.25, 0.3) is 5.70 Å². The Kier molecular flexibility index (Phi) is 6.08. The average Bonchev–Trinajstić information content (AvgIpc) is 2.43. The largest absolute Gasteiger partial charge is 0.378 e. The number of hydrogen-bond donors (Lipinski definition) is 1. The molecule has 1 atom stereocenters. The molecular weight excluding hydrogens is 246 g/mol. The SMILES string of the molecule is C=C(c1ccc(N(C)C)cc1C)N(CC)CC(C)NC. The maximum absolute atomic E-state index is 4.30. The Morgan fingerprint density at radius 1 is 1.35 bits per heavy atom. The fraction of sp³-hybridized carbons (Fsp3) is 0.529. The second-order valence-electron chi connectivity index (χ2n) is 5.57. The Labute approximate surface area is 124 Å². The van der Waals surface area contributed by atoms with Gasteiger partial charge in [-0.1, -0.05) is 12.6 Å². The van der Waals surface area contributed by atoms with E-state index >= 15 is 0 Å². The second-order valence-corrected chi connectivity index (χ2v) is 5.57. The van der Waals surface area contributed by atoms with Crippen LogP contribution in [0.5, 0.6) is 0 Å². The van der Waals surface area contributed by atoms with Gasteiger partial charge in [0.05, 0.1) is 0 Å². The molecule has 0 aliphatic rings. The quantitative estimate of drug-likeness (QED) is 0.825.